The first-order chi connectivity index (χ1) is 7.88. The number of allylic oxidation sites excluding steroid dienone is 3. The van der Waals surface area contributed by atoms with Crippen LogP contribution in [-0.4, -0.2) is 17.3 Å². The van der Waals surface area contributed by atoms with E-state index >= 15 is 0 Å². The van der Waals surface area contributed by atoms with Gasteiger partial charge in [0.15, 0.2) is 11.9 Å². The van der Waals surface area contributed by atoms with Crippen LogP contribution in [0.5, 0.6) is 0 Å². The van der Waals surface area contributed by atoms with E-state index in [0.29, 0.717) is 11.8 Å². The highest BCUT2D eigenvalue weighted by Gasteiger charge is 2.12. The summed E-state index contributed by atoms with van der Waals surface area (Å²) < 4.78 is 2.30. The van der Waals surface area contributed by atoms with Crippen molar-refractivity contribution in [3.8, 4) is 0 Å². The SMILES string of the molecule is CCCC(C(C)C)=[N+](C)/C=C\C(C)C=C(C)C. The summed E-state index contributed by atoms with van der Waals surface area (Å²) in [5.74, 6) is 1.14. The first-order valence-corrected chi connectivity index (χ1v) is 6.80. The van der Waals surface area contributed by atoms with Crippen LogP contribution in [0.3, 0.4) is 0 Å². The normalized spacial score (nSPS) is 15.1. The predicted octanol–water partition coefficient (Wildman–Crippen LogP) is 4.64. The van der Waals surface area contributed by atoms with Crippen LogP contribution in [0.2, 0.25) is 0 Å². The van der Waals surface area contributed by atoms with Gasteiger partial charge in [0.1, 0.15) is 7.05 Å². The molecule has 98 valence electrons. The molecule has 0 N–H and O–H groups in total. The lowest BCUT2D eigenvalue weighted by molar-refractivity contribution is -0.426. The number of nitrogens with zero attached hydrogens (tertiary/aromatic N) is 1. The van der Waals surface area contributed by atoms with Gasteiger partial charge in [-0.05, 0) is 32.3 Å². The van der Waals surface area contributed by atoms with Crippen molar-refractivity contribution in [1.82, 2.24) is 0 Å². The molecule has 0 aromatic carbocycles. The fraction of sp³-hybridized carbons (Fsp3) is 0.688. The van der Waals surface area contributed by atoms with Gasteiger partial charge in [-0.15, -0.1) is 0 Å². The second-order valence-electron chi connectivity index (χ2n) is 5.45. The molecule has 0 bridgehead atoms. The Morgan fingerprint density at radius 1 is 1.18 bits per heavy atom. The van der Waals surface area contributed by atoms with E-state index in [9.17, 15) is 0 Å². The van der Waals surface area contributed by atoms with Crippen LogP contribution >= 0.6 is 0 Å². The average molecular weight is 236 g/mol. The Labute approximate surface area is 108 Å². The van der Waals surface area contributed by atoms with Gasteiger partial charge in [0.2, 0.25) is 0 Å². The van der Waals surface area contributed by atoms with Crippen LogP contribution in [0, 0.1) is 11.8 Å². The molecule has 1 nitrogen and oxygen atoms in total. The van der Waals surface area contributed by atoms with Gasteiger partial charge in [0, 0.05) is 12.3 Å². The quantitative estimate of drug-likeness (QED) is 0.359. The molecule has 0 radical (unpaired) electrons. The van der Waals surface area contributed by atoms with Crippen LogP contribution in [0.1, 0.15) is 54.4 Å². The maximum atomic E-state index is 2.30. The summed E-state index contributed by atoms with van der Waals surface area (Å²) in [4.78, 5) is 0. The van der Waals surface area contributed by atoms with Crippen molar-refractivity contribution in [2.24, 2.45) is 11.8 Å². The topological polar surface area (TPSA) is 3.01 Å². The molecule has 1 unspecified atom stereocenters. The maximum Gasteiger partial charge on any atom is 0.165 e. The maximum absolute atomic E-state index is 2.30. The molecule has 0 aliphatic carbocycles. The zero-order valence-electron chi connectivity index (χ0n) is 12.7. The number of hydrogen-bond acceptors (Lipinski definition) is 0. The van der Waals surface area contributed by atoms with E-state index in [1.165, 1.54) is 24.1 Å². The van der Waals surface area contributed by atoms with Crippen molar-refractivity contribution in [1.29, 1.82) is 0 Å². The smallest absolute Gasteiger partial charge is 0.165 e. The minimum absolute atomic E-state index is 0.512. The van der Waals surface area contributed by atoms with Gasteiger partial charge in [0.25, 0.3) is 0 Å². The molecule has 0 aliphatic rings. The van der Waals surface area contributed by atoms with Crippen molar-refractivity contribution < 1.29 is 4.58 Å². The molecule has 1 atom stereocenters. The summed E-state index contributed by atoms with van der Waals surface area (Å²) in [6.45, 7) is 13.3. The fourth-order valence-electron chi connectivity index (χ4n) is 2.07. The van der Waals surface area contributed by atoms with Gasteiger partial charge < -0.3 is 0 Å². The summed E-state index contributed by atoms with van der Waals surface area (Å²) in [6, 6.07) is 0. The van der Waals surface area contributed by atoms with Gasteiger partial charge in [-0.1, -0.05) is 39.3 Å². The molecule has 0 aromatic rings. The van der Waals surface area contributed by atoms with Crippen LogP contribution in [-0.2, 0) is 0 Å². The predicted molar refractivity (Wildman–Crippen MR) is 78.7 cm³/mol. The number of hydrogen-bond donors (Lipinski definition) is 0. The Hall–Kier alpha value is -0.850. The van der Waals surface area contributed by atoms with E-state index < -0.39 is 0 Å². The Kier molecular flexibility index (Phi) is 7.86. The Morgan fingerprint density at radius 3 is 2.18 bits per heavy atom. The van der Waals surface area contributed by atoms with Crippen molar-refractivity contribution >= 4 is 5.71 Å². The largest absolute Gasteiger partial charge is 0.209 e. The molecule has 0 amide bonds. The van der Waals surface area contributed by atoms with E-state index in [1.54, 1.807) is 0 Å². The van der Waals surface area contributed by atoms with Crippen molar-refractivity contribution in [2.75, 3.05) is 7.05 Å². The summed E-state index contributed by atoms with van der Waals surface area (Å²) in [5.41, 5.74) is 2.90. The fourth-order valence-corrected chi connectivity index (χ4v) is 2.07. The summed E-state index contributed by atoms with van der Waals surface area (Å²) in [6.07, 6.45) is 9.18. The molecular formula is C16H30N+. The minimum Gasteiger partial charge on any atom is -0.209 e. The molecule has 0 aromatic heterocycles. The lowest BCUT2D eigenvalue weighted by Crippen LogP contribution is -2.18. The van der Waals surface area contributed by atoms with E-state index in [-0.39, 0.29) is 0 Å². The Bertz CT molecular complexity index is 301. The molecule has 0 aliphatic heterocycles. The van der Waals surface area contributed by atoms with Gasteiger partial charge in [-0.3, -0.25) is 0 Å². The van der Waals surface area contributed by atoms with E-state index in [0.717, 1.165) is 0 Å². The number of rotatable bonds is 6. The van der Waals surface area contributed by atoms with Gasteiger partial charge in [0.05, 0.1) is 0 Å². The van der Waals surface area contributed by atoms with Crippen LogP contribution < -0.4 is 0 Å². The third kappa shape index (κ3) is 7.14. The van der Waals surface area contributed by atoms with Crippen molar-refractivity contribution in [3.63, 3.8) is 0 Å². The zero-order valence-corrected chi connectivity index (χ0v) is 12.7. The van der Waals surface area contributed by atoms with Crippen LogP contribution in [0.4, 0.5) is 0 Å². The summed E-state index contributed by atoms with van der Waals surface area (Å²) in [5, 5.41) is 0. The highest BCUT2D eigenvalue weighted by molar-refractivity contribution is 5.81. The summed E-state index contributed by atoms with van der Waals surface area (Å²) >= 11 is 0. The van der Waals surface area contributed by atoms with Crippen LogP contribution in [0.25, 0.3) is 0 Å². The highest BCUT2D eigenvalue weighted by Crippen LogP contribution is 2.07. The van der Waals surface area contributed by atoms with Crippen LogP contribution in [0.15, 0.2) is 23.9 Å². The van der Waals surface area contributed by atoms with Gasteiger partial charge in [-0.2, -0.15) is 0 Å². The second kappa shape index (κ2) is 8.27. The lowest BCUT2D eigenvalue weighted by Gasteiger charge is -2.06. The minimum atomic E-state index is 0.512. The first-order valence-electron chi connectivity index (χ1n) is 6.80. The molecule has 0 rings (SSSR count). The average Bonchev–Trinajstić information content (AvgIpc) is 2.21. The molecule has 0 saturated carbocycles. The molecule has 17 heavy (non-hydrogen) atoms. The first kappa shape index (κ1) is 16.1. The standard InChI is InChI=1S/C16H30N/c1-8-9-16(14(4)5)17(7)11-10-15(6)12-13(2)3/h10-12,14-15H,8-9H2,1-7H3/q+1/b11-10-,17-16?. The van der Waals surface area contributed by atoms with E-state index in [1.807, 2.05) is 0 Å². The molecule has 0 heterocycles. The third-order valence-electron chi connectivity index (χ3n) is 2.84. The van der Waals surface area contributed by atoms with E-state index in [2.05, 4.69) is 71.5 Å². The van der Waals surface area contributed by atoms with Gasteiger partial charge in [-0.25, -0.2) is 4.58 Å². The molecule has 0 spiro atoms. The molecule has 0 fully saturated rings. The van der Waals surface area contributed by atoms with Crippen molar-refractivity contribution in [3.05, 3.63) is 23.9 Å². The lowest BCUT2D eigenvalue weighted by atomic mass is 10.0. The summed E-state index contributed by atoms with van der Waals surface area (Å²) in [7, 11) is 2.16. The zero-order chi connectivity index (χ0) is 13.4. The highest BCUT2D eigenvalue weighted by atomic mass is 15.0. The Balaban J connectivity index is 4.78. The van der Waals surface area contributed by atoms with E-state index in [4.69, 9.17) is 0 Å². The third-order valence-corrected chi connectivity index (χ3v) is 2.84. The molecule has 0 saturated heterocycles. The monoisotopic (exact) mass is 236 g/mol. The Morgan fingerprint density at radius 2 is 1.76 bits per heavy atom. The van der Waals surface area contributed by atoms with Gasteiger partial charge >= 0.3 is 0 Å². The molecule has 1 heteroatoms. The molecular weight excluding hydrogens is 206 g/mol. The second-order valence-corrected chi connectivity index (χ2v) is 5.45. The van der Waals surface area contributed by atoms with Crippen molar-refractivity contribution in [2.45, 2.75) is 54.4 Å².